The van der Waals surface area contributed by atoms with Gasteiger partial charge in [0.25, 0.3) is 5.92 Å². The number of hydrogen-bond acceptors (Lipinski definition) is 0. The summed E-state index contributed by atoms with van der Waals surface area (Å²) in [4.78, 5) is 0. The highest BCUT2D eigenvalue weighted by Gasteiger charge is 2.38. The molecule has 4 heteroatoms. The largest absolute Gasteiger partial charge is 0.278 e. The number of alkyl halides is 2. The van der Waals surface area contributed by atoms with Crippen LogP contribution in [-0.2, 0) is 5.92 Å². The van der Waals surface area contributed by atoms with Crippen LogP contribution in [-0.4, -0.2) is 0 Å². The third-order valence-corrected chi connectivity index (χ3v) is 8.29. The van der Waals surface area contributed by atoms with E-state index in [0.717, 1.165) is 43.4 Å². The van der Waals surface area contributed by atoms with Crippen LogP contribution < -0.4 is 0 Å². The van der Waals surface area contributed by atoms with Gasteiger partial charge >= 0.3 is 0 Å². The van der Waals surface area contributed by atoms with E-state index in [9.17, 15) is 17.6 Å². The fourth-order valence-electron chi connectivity index (χ4n) is 6.26. The second kappa shape index (κ2) is 11.9. The van der Waals surface area contributed by atoms with Gasteiger partial charge in [-0.3, -0.25) is 0 Å². The third kappa shape index (κ3) is 6.50. The molecule has 1 aromatic carbocycles. The monoisotopic (exact) mass is 454 g/mol. The molecule has 0 saturated heterocycles. The smallest absolute Gasteiger partial charge is 0.206 e. The molecule has 0 atom stereocenters. The van der Waals surface area contributed by atoms with Crippen molar-refractivity contribution in [1.82, 2.24) is 0 Å². The molecule has 0 spiro atoms. The maximum absolute atomic E-state index is 14.6. The minimum Gasteiger partial charge on any atom is -0.206 e. The van der Waals surface area contributed by atoms with Crippen LogP contribution in [0.2, 0.25) is 0 Å². The summed E-state index contributed by atoms with van der Waals surface area (Å²) < 4.78 is 57.8. The number of rotatable bonds is 10. The van der Waals surface area contributed by atoms with Crippen molar-refractivity contribution in [2.45, 2.75) is 122 Å². The summed E-state index contributed by atoms with van der Waals surface area (Å²) in [5.74, 6) is -3.10. The molecule has 0 amide bonds. The van der Waals surface area contributed by atoms with E-state index in [1.807, 2.05) is 0 Å². The van der Waals surface area contributed by atoms with Crippen LogP contribution in [0, 0.1) is 29.4 Å². The van der Waals surface area contributed by atoms with Gasteiger partial charge in [-0.05, 0) is 86.3 Å². The lowest BCUT2D eigenvalue weighted by Crippen LogP contribution is -2.25. The average molecular weight is 455 g/mol. The van der Waals surface area contributed by atoms with E-state index in [0.29, 0.717) is 12.0 Å². The summed E-state index contributed by atoms with van der Waals surface area (Å²) in [5, 5.41) is 0. The zero-order valence-electron chi connectivity index (χ0n) is 20.1. The minimum absolute atomic E-state index is 0.0824. The summed E-state index contributed by atoms with van der Waals surface area (Å²) in [6.07, 6.45) is 15.1. The van der Waals surface area contributed by atoms with E-state index >= 15 is 0 Å². The van der Waals surface area contributed by atoms with Gasteiger partial charge in [-0.15, -0.1) is 0 Å². The molecule has 0 unspecified atom stereocenters. The van der Waals surface area contributed by atoms with Crippen LogP contribution in [0.1, 0.15) is 127 Å². The predicted octanol–water partition coefficient (Wildman–Crippen LogP) is 9.91. The Morgan fingerprint density at radius 2 is 1.28 bits per heavy atom. The van der Waals surface area contributed by atoms with Crippen LogP contribution in [0.5, 0.6) is 0 Å². The average Bonchev–Trinajstić information content (AvgIpc) is 2.78. The van der Waals surface area contributed by atoms with Gasteiger partial charge in [0.15, 0.2) is 0 Å². The Morgan fingerprint density at radius 3 is 1.81 bits per heavy atom. The molecule has 0 N–H and O–H groups in total. The topological polar surface area (TPSA) is 0 Å². The fourth-order valence-corrected chi connectivity index (χ4v) is 6.26. The molecule has 182 valence electrons. The van der Waals surface area contributed by atoms with Gasteiger partial charge in [0, 0.05) is 6.42 Å². The normalized spacial score (nSPS) is 26.9. The molecule has 1 aromatic rings. The highest BCUT2D eigenvalue weighted by Crippen LogP contribution is 2.45. The zero-order chi connectivity index (χ0) is 23.1. The fraction of sp³-hybridized carbons (Fsp3) is 0.786. The van der Waals surface area contributed by atoms with Crippen LogP contribution in [0.3, 0.4) is 0 Å². The lowest BCUT2D eigenvalue weighted by atomic mass is 9.68. The van der Waals surface area contributed by atoms with Crippen molar-refractivity contribution >= 4 is 0 Å². The summed E-state index contributed by atoms with van der Waals surface area (Å²) in [5.41, 5.74) is -0.479. The van der Waals surface area contributed by atoms with Crippen LogP contribution >= 0.6 is 0 Å². The number of benzene rings is 1. The zero-order valence-corrected chi connectivity index (χ0v) is 20.1. The van der Waals surface area contributed by atoms with Crippen LogP contribution in [0.4, 0.5) is 17.6 Å². The van der Waals surface area contributed by atoms with E-state index in [1.165, 1.54) is 63.5 Å². The summed E-state index contributed by atoms with van der Waals surface area (Å²) in [7, 11) is 0. The van der Waals surface area contributed by atoms with Gasteiger partial charge in [-0.25, -0.2) is 17.6 Å². The van der Waals surface area contributed by atoms with Crippen molar-refractivity contribution in [2.75, 3.05) is 0 Å². The third-order valence-electron chi connectivity index (χ3n) is 8.29. The quantitative estimate of drug-likeness (QED) is 0.244. The lowest BCUT2D eigenvalue weighted by Gasteiger charge is -2.38. The minimum atomic E-state index is -3.45. The maximum Gasteiger partial charge on any atom is 0.278 e. The van der Waals surface area contributed by atoms with Gasteiger partial charge in [0.2, 0.25) is 0 Å². The van der Waals surface area contributed by atoms with Gasteiger partial charge < -0.3 is 0 Å². The Balaban J connectivity index is 1.53. The highest BCUT2D eigenvalue weighted by molar-refractivity contribution is 5.32. The molecule has 0 nitrogen and oxygen atoms in total. The molecule has 2 fully saturated rings. The van der Waals surface area contributed by atoms with Crippen LogP contribution in [0.25, 0.3) is 0 Å². The maximum atomic E-state index is 14.6. The molecule has 3 rings (SSSR count). The molecule has 2 aliphatic rings. The summed E-state index contributed by atoms with van der Waals surface area (Å²) in [6.45, 7) is 4.05. The first-order valence-electron chi connectivity index (χ1n) is 13.2. The van der Waals surface area contributed by atoms with Crippen molar-refractivity contribution in [3.63, 3.8) is 0 Å². The molecule has 32 heavy (non-hydrogen) atoms. The van der Waals surface area contributed by atoms with Crippen molar-refractivity contribution < 1.29 is 17.6 Å². The molecular weight excluding hydrogens is 412 g/mol. The lowest BCUT2D eigenvalue weighted by molar-refractivity contribution is -0.0222. The van der Waals surface area contributed by atoms with Crippen LogP contribution in [0.15, 0.2) is 12.1 Å². The van der Waals surface area contributed by atoms with E-state index < -0.39 is 29.5 Å². The molecule has 2 saturated carbocycles. The summed E-state index contributed by atoms with van der Waals surface area (Å²) in [6, 6.07) is 2.37. The van der Waals surface area contributed by atoms with E-state index in [2.05, 4.69) is 6.92 Å². The Morgan fingerprint density at radius 1 is 0.750 bits per heavy atom. The van der Waals surface area contributed by atoms with Gasteiger partial charge in [0.05, 0.1) is 5.56 Å². The first-order valence-corrected chi connectivity index (χ1v) is 13.2. The molecule has 0 radical (unpaired) electrons. The van der Waals surface area contributed by atoms with E-state index in [1.54, 1.807) is 6.92 Å². The first kappa shape index (κ1) is 25.6. The van der Waals surface area contributed by atoms with Crippen molar-refractivity contribution in [3.05, 3.63) is 34.9 Å². The highest BCUT2D eigenvalue weighted by atomic mass is 19.3. The Bertz CT molecular complexity index is 674. The molecule has 2 aliphatic carbocycles. The molecule has 0 heterocycles. The Kier molecular flexibility index (Phi) is 9.49. The number of hydrogen-bond donors (Lipinski definition) is 0. The first-order chi connectivity index (χ1) is 15.4. The molecule has 0 bridgehead atoms. The van der Waals surface area contributed by atoms with Crippen molar-refractivity contribution in [2.24, 2.45) is 17.8 Å². The Labute approximate surface area is 192 Å². The number of unbranched alkanes of at least 4 members (excludes halogenated alkanes) is 3. The molecule has 0 aromatic heterocycles. The second-order valence-electron chi connectivity index (χ2n) is 10.6. The second-order valence-corrected chi connectivity index (χ2v) is 10.6. The van der Waals surface area contributed by atoms with Gasteiger partial charge in [-0.2, -0.15) is 0 Å². The van der Waals surface area contributed by atoms with Gasteiger partial charge in [-0.1, -0.05) is 58.8 Å². The van der Waals surface area contributed by atoms with Gasteiger partial charge in [0.1, 0.15) is 11.6 Å². The SMILES string of the molecule is CCCCCC1CCC(C2CCC(c3cc(F)c(C(F)(F)CCCC)c(F)c3)CC2)CC1. The van der Waals surface area contributed by atoms with Crippen molar-refractivity contribution in [3.8, 4) is 0 Å². The summed E-state index contributed by atoms with van der Waals surface area (Å²) >= 11 is 0. The molecule has 0 aliphatic heterocycles. The van der Waals surface area contributed by atoms with E-state index in [4.69, 9.17) is 0 Å². The molecular formula is C28H42F4. The standard InChI is InChI=1S/C28H42F4/c1-3-5-7-8-20-9-11-21(12-10-20)22-13-15-23(16-14-22)24-18-25(29)27(26(30)19-24)28(31,32)17-6-4-2/h18-23H,3-17H2,1-2H3. The number of halogens is 4. The van der Waals surface area contributed by atoms with Crippen molar-refractivity contribution in [1.29, 1.82) is 0 Å². The predicted molar refractivity (Wildman–Crippen MR) is 124 cm³/mol. The Hall–Kier alpha value is -1.06. The van der Waals surface area contributed by atoms with E-state index in [-0.39, 0.29) is 12.3 Å².